The molecule has 29 atom stereocenters. The average Bonchev–Trinajstić information content (AvgIpc) is 1.49. The Morgan fingerprint density at radius 2 is 0.790 bits per heavy atom. The lowest BCUT2D eigenvalue weighted by atomic mass is 9.90. The van der Waals surface area contributed by atoms with Crippen molar-refractivity contribution < 1.29 is 260 Å². The molecule has 0 radical (unpaired) electrons. The Bertz CT molecular complexity index is 4570. The summed E-state index contributed by atoms with van der Waals surface area (Å²) in [5.41, 5.74) is 0. The number of carbonyl (C=O) groups is 6. The van der Waals surface area contributed by atoms with Crippen LogP contribution >= 0.6 is 11.8 Å². The summed E-state index contributed by atoms with van der Waals surface area (Å²) < 4.78 is 381. The SMILES string of the molecule is CNCCOCCOCCOCCOCC(=O)C[C@@H](CCCCNC(=O)CCCC[C@@H]1SC[C@@H]2NC(=O)N[C@@H]21)C(=O)CCCOCCOCCOCCO[C@H]1[C@H](OC)[C@@H](OC)[C@@H](O[C@H]2[C@H](OC)[C@@H](OC)[C@H](O[C@H]3[C@H](OS(=O)(=O)O)[C@@H](OS(=O)(=O)O)[C@@H](O[C@H]4[C@H](OC)[C@@H](OC)[C@H](O[C@H]5[C@H](OC)[C@@H](OS(=O)(=O)O)[C@@H](OC)O[C@@H]5COS(=O)(=O)O)O[C@H]4C(=O)O)O[C@@H]3COS(=O)(=O)O)O[C@@H]2C(=O)O)O[C@@H]1COS(=O)(=O)O. The Kier molecular flexibility index (Phi) is 54.3. The van der Waals surface area contributed by atoms with Crippen molar-refractivity contribution in [3.63, 3.8) is 0 Å². The molecular weight excluding hydrogens is 2090 g/mol. The fourth-order valence-corrected chi connectivity index (χ4v) is 20.2. The van der Waals surface area contributed by atoms with Crippen molar-refractivity contribution >= 4 is 110 Å². The molecule has 834 valence electrons. The Morgan fingerprint density at radius 3 is 1.24 bits per heavy atom. The molecule has 143 heavy (non-hydrogen) atoms. The molecule has 0 aromatic heterocycles. The van der Waals surface area contributed by atoms with Crippen molar-refractivity contribution in [2.75, 3.05) is 202 Å². The number of carbonyl (C=O) groups excluding carboxylic acids is 4. The molecule has 0 unspecified atom stereocenters. The van der Waals surface area contributed by atoms with E-state index in [1.807, 2.05) is 18.8 Å². The maximum absolute atomic E-state index is 13.7. The standard InChI is InChI=1S/C75H130N4O57S7/c1-76-20-22-115-24-26-117-27-28-118-31-32-120-36-42(80)35-41(15-12-13-19-77-49(82)18-11-10-17-48-50-43(40-137-48)78-75(87)79-50)44(81)16-14-21-114-23-25-116-29-30-119-33-34-121-51-45(37-122-138(88,89)90)126-71(63(110-6)54(51)106-2)130-58-56(108-4)65(112-8)73(133-61(58)68(83)84)129-53-47(39-124-140(94,95)96)127-74(67(136-143(103,104)105)60(53)134-141(97,98)99)131-59-57(109-5)64(111-7)72(132-62(59)69(85)86)128-52-46(38-123-139(91,92)93)125-70(113-9)66(55(52)107-3)135-142(100,101)102/h41,43,45-48,50-67,70-74,76H,10-40H2,1-9H3,(H,77,82)(H,83,84)(H,85,86)(H2,78,79,87)(H,88,89,90)(H,91,92,93)(H,94,95,96)(H,97,98,99)(H,100,101,102)(H,103,104,105)/t41-,43+,45-,46-,47-,48+,50+,51-,52-,53-,54+,55+,56+,57+,58+,59+,60+,61+,62-,63-,64-,65-,66-,67-,70+,71-,72-,73-,74-/m1/s1. The maximum atomic E-state index is 13.7. The van der Waals surface area contributed by atoms with E-state index in [9.17, 15) is 117 Å². The number of hydrogen-bond donors (Lipinski definition) is 12. The number of fused-ring (bicyclic) bond motifs is 1. The first kappa shape index (κ1) is 125. The molecule has 0 aliphatic carbocycles. The van der Waals surface area contributed by atoms with Gasteiger partial charge in [0, 0.05) is 113 Å². The van der Waals surface area contributed by atoms with E-state index >= 15 is 0 Å². The largest absolute Gasteiger partial charge is 0.479 e. The van der Waals surface area contributed by atoms with Gasteiger partial charge in [0.2, 0.25) is 5.91 Å². The molecule has 0 saturated carbocycles. The summed E-state index contributed by atoms with van der Waals surface area (Å²) in [6, 6.07) is 0.0505. The summed E-state index contributed by atoms with van der Waals surface area (Å²) in [4.78, 5) is 78.5. The van der Waals surface area contributed by atoms with Gasteiger partial charge in [-0.3, -0.25) is 41.7 Å². The van der Waals surface area contributed by atoms with Crippen molar-refractivity contribution in [1.29, 1.82) is 0 Å². The van der Waals surface area contributed by atoms with Crippen LogP contribution in [-0.2, 0) is 230 Å². The number of ketones is 2. The second-order valence-electron chi connectivity index (χ2n) is 32.2. The highest BCUT2D eigenvalue weighted by molar-refractivity contribution is 8.00. The summed E-state index contributed by atoms with van der Waals surface area (Å²) in [6.07, 6.45) is -51.4. The predicted octanol–water partition coefficient (Wildman–Crippen LogP) is -5.25. The zero-order chi connectivity index (χ0) is 106. The number of hydrogen-bond acceptors (Lipinski definition) is 51. The molecule has 0 aromatic carbocycles. The number of likely N-dealkylation sites (N-methyl/N-ethyl adjacent to an activating group) is 1. The van der Waals surface area contributed by atoms with Crippen LogP contribution in [0.5, 0.6) is 0 Å². The molecule has 68 heteroatoms. The third-order valence-electron chi connectivity index (χ3n) is 22.6. The molecule has 0 aromatic rings. The molecule has 7 rings (SSSR count). The van der Waals surface area contributed by atoms with Gasteiger partial charge in [-0.25, -0.2) is 39.5 Å². The van der Waals surface area contributed by atoms with Crippen molar-refractivity contribution in [1.82, 2.24) is 21.3 Å². The lowest BCUT2D eigenvalue weighted by Gasteiger charge is -2.51. The first-order valence-electron chi connectivity index (χ1n) is 44.3. The minimum absolute atomic E-state index is 0.0132. The van der Waals surface area contributed by atoms with Gasteiger partial charge in [0.15, 0.2) is 61.6 Å². The van der Waals surface area contributed by atoms with Crippen molar-refractivity contribution in [3.05, 3.63) is 0 Å². The van der Waals surface area contributed by atoms with E-state index in [2.05, 4.69) is 29.6 Å². The number of carboxylic acid groups (broad SMARTS) is 2. The average molecular weight is 2220 g/mol. The van der Waals surface area contributed by atoms with Crippen LogP contribution in [0.2, 0.25) is 0 Å². The number of ether oxygens (including phenoxy) is 25. The molecular formula is C75H130N4O57S7. The minimum Gasteiger partial charge on any atom is -0.479 e. The number of urea groups is 1. The van der Waals surface area contributed by atoms with Crippen LogP contribution in [0, 0.1) is 5.92 Å². The first-order chi connectivity index (χ1) is 67.6. The van der Waals surface area contributed by atoms with Crippen LogP contribution in [-0.4, -0.2) is 496 Å². The van der Waals surface area contributed by atoms with Gasteiger partial charge in [-0.05, 0) is 39.2 Å². The molecule has 7 heterocycles. The number of aliphatic carboxylic acids is 2. The highest BCUT2D eigenvalue weighted by Crippen LogP contribution is 2.42. The van der Waals surface area contributed by atoms with Crippen LogP contribution in [0.1, 0.15) is 64.2 Å². The number of unbranched alkanes of at least 4 members (excludes halogenated alkanes) is 2. The second kappa shape index (κ2) is 61.9. The number of thioether (sulfide) groups is 1. The minimum atomic E-state index is -6.21. The third kappa shape index (κ3) is 42.6. The van der Waals surface area contributed by atoms with Crippen molar-refractivity contribution in [2.24, 2.45) is 5.92 Å². The number of methoxy groups -OCH3 is 8. The highest BCUT2D eigenvalue weighted by atomic mass is 32.3. The fraction of sp³-hybridized carbons (Fsp3) is 0.920. The van der Waals surface area contributed by atoms with Gasteiger partial charge in [-0.15, -0.1) is 0 Å². The number of carboxylic acids is 2. The zero-order valence-electron chi connectivity index (χ0n) is 79.1. The van der Waals surface area contributed by atoms with E-state index in [4.69, 9.17) is 135 Å². The van der Waals surface area contributed by atoms with Gasteiger partial charge in [-0.2, -0.15) is 62.3 Å². The predicted molar refractivity (Wildman–Crippen MR) is 470 cm³/mol. The van der Waals surface area contributed by atoms with E-state index in [-0.39, 0.29) is 120 Å². The lowest BCUT2D eigenvalue weighted by Crippen LogP contribution is -2.70. The summed E-state index contributed by atoms with van der Waals surface area (Å²) in [6.45, 7) is -1.05. The van der Waals surface area contributed by atoms with Gasteiger partial charge in [0.25, 0.3) is 0 Å². The fourth-order valence-electron chi connectivity index (χ4n) is 16.3. The van der Waals surface area contributed by atoms with E-state index < -0.39 is 254 Å². The quantitative estimate of drug-likeness (QED) is 0.0154. The van der Waals surface area contributed by atoms with Crippen LogP contribution in [0.25, 0.3) is 0 Å². The molecule has 3 amide bonds. The number of amides is 3. The van der Waals surface area contributed by atoms with Crippen LogP contribution in [0.4, 0.5) is 4.79 Å². The molecule has 61 nitrogen and oxygen atoms in total. The topological polar surface area (TPSA) is 803 Å². The molecule has 0 bridgehead atoms. The van der Waals surface area contributed by atoms with E-state index in [1.54, 1.807) is 0 Å². The molecule has 7 aliphatic heterocycles. The maximum Gasteiger partial charge on any atom is 0.397 e. The van der Waals surface area contributed by atoms with Crippen LogP contribution in [0.3, 0.4) is 0 Å². The van der Waals surface area contributed by atoms with E-state index in [0.29, 0.717) is 78.1 Å². The van der Waals surface area contributed by atoms with E-state index in [1.165, 1.54) is 0 Å². The summed E-state index contributed by atoms with van der Waals surface area (Å²) in [5, 5.41) is 34.0. The van der Waals surface area contributed by atoms with Gasteiger partial charge in [0.1, 0.15) is 110 Å². The lowest BCUT2D eigenvalue weighted by molar-refractivity contribution is -0.389. The Hall–Kier alpha value is -4.45. The van der Waals surface area contributed by atoms with Gasteiger partial charge in [-0.1, -0.05) is 12.8 Å². The van der Waals surface area contributed by atoms with Crippen LogP contribution < -0.4 is 21.3 Å². The first-order valence-corrected chi connectivity index (χ1v) is 53.6. The number of rotatable bonds is 74. The molecule has 12 N–H and O–H groups in total. The third-order valence-corrected chi connectivity index (χ3v) is 26.8. The molecule has 7 aliphatic rings. The highest BCUT2D eigenvalue weighted by Gasteiger charge is 2.63. The summed E-state index contributed by atoms with van der Waals surface area (Å²) in [7, 11) is -25.2. The van der Waals surface area contributed by atoms with Gasteiger partial charge in [0.05, 0.1) is 118 Å². The van der Waals surface area contributed by atoms with Crippen LogP contribution in [0.15, 0.2) is 0 Å². The summed E-state index contributed by atoms with van der Waals surface area (Å²) in [5.74, 6) is -4.45. The number of Topliss-reactive ketones (excluding diaryl/α,β-unsaturated/α-hetero) is 2. The van der Waals surface area contributed by atoms with Gasteiger partial charge >= 0.3 is 80.4 Å². The summed E-state index contributed by atoms with van der Waals surface area (Å²) >= 11 is 1.81. The van der Waals surface area contributed by atoms with E-state index in [0.717, 1.165) is 82.0 Å². The Morgan fingerprint density at radius 1 is 0.399 bits per heavy atom. The Labute approximate surface area is 829 Å². The zero-order valence-corrected chi connectivity index (χ0v) is 84.8. The smallest absolute Gasteiger partial charge is 0.397 e. The Balaban J connectivity index is 0.973. The molecule has 7 saturated heterocycles. The van der Waals surface area contributed by atoms with Gasteiger partial charge < -0.3 is 150 Å². The number of nitrogens with one attached hydrogen (secondary N) is 4. The van der Waals surface area contributed by atoms with Crippen molar-refractivity contribution in [2.45, 2.75) is 235 Å². The monoisotopic (exact) mass is 2220 g/mol. The van der Waals surface area contributed by atoms with Crippen molar-refractivity contribution in [3.8, 4) is 0 Å². The molecule has 0 spiro atoms. The molecule has 7 fully saturated rings. The second-order valence-corrected chi connectivity index (χ2v) is 39.9. The normalized spacial score (nSPS) is 31.3.